The van der Waals surface area contributed by atoms with Gasteiger partial charge in [-0.15, -0.1) is 0 Å². The van der Waals surface area contributed by atoms with Crippen LogP contribution in [0.5, 0.6) is 0 Å². The predicted molar refractivity (Wildman–Crippen MR) is 53.9 cm³/mol. The molecule has 1 aromatic rings. The molecule has 1 atom stereocenters. The molecule has 1 fully saturated rings. The van der Waals surface area contributed by atoms with Crippen molar-refractivity contribution in [3.8, 4) is 0 Å². The number of carbonyl (C=O) groups excluding carboxylic acids is 1. The van der Waals surface area contributed by atoms with Gasteiger partial charge < -0.3 is 10.0 Å². The van der Waals surface area contributed by atoms with Crippen molar-refractivity contribution in [3.05, 3.63) is 42.5 Å². The number of para-hydroxylation sites is 1. The number of carbonyl (C=O) groups is 1. The Kier molecular flexibility index (Phi) is 2.09. The zero-order valence-electron chi connectivity index (χ0n) is 7.68. The van der Waals surface area contributed by atoms with Gasteiger partial charge in [0.25, 0.3) is 5.91 Å². The van der Waals surface area contributed by atoms with Gasteiger partial charge in [-0.25, -0.2) is 0 Å². The van der Waals surface area contributed by atoms with Crippen LogP contribution in [-0.4, -0.2) is 23.7 Å². The minimum Gasteiger partial charge on any atom is -0.386 e. The van der Waals surface area contributed by atoms with Crippen molar-refractivity contribution in [2.45, 2.75) is 6.10 Å². The van der Waals surface area contributed by atoms with Crippen molar-refractivity contribution in [1.29, 1.82) is 0 Å². The van der Waals surface area contributed by atoms with Crippen molar-refractivity contribution < 1.29 is 9.90 Å². The van der Waals surface area contributed by atoms with Crippen molar-refractivity contribution >= 4 is 11.6 Å². The Hall–Kier alpha value is -1.61. The summed E-state index contributed by atoms with van der Waals surface area (Å²) in [4.78, 5) is 13.1. The zero-order chi connectivity index (χ0) is 10.1. The Morgan fingerprint density at radius 1 is 1.36 bits per heavy atom. The van der Waals surface area contributed by atoms with Crippen LogP contribution in [-0.2, 0) is 4.79 Å². The number of amides is 1. The van der Waals surface area contributed by atoms with E-state index in [1.165, 1.54) is 4.90 Å². The predicted octanol–water partition coefficient (Wildman–Crippen LogP) is 0.950. The minimum absolute atomic E-state index is 0.191. The van der Waals surface area contributed by atoms with E-state index in [-0.39, 0.29) is 11.5 Å². The number of hydrogen-bond donors (Lipinski definition) is 1. The maximum atomic E-state index is 11.6. The van der Waals surface area contributed by atoms with Crippen molar-refractivity contribution in [1.82, 2.24) is 0 Å². The standard InChI is InChI=1S/C11H11NO2/c1-8-10(13)7-12(11(8)14)9-5-3-2-4-6-9/h2-6,10,13H,1,7H2/t10-/m1/s1. The first kappa shape index (κ1) is 8.97. The topological polar surface area (TPSA) is 40.5 Å². The first-order valence-electron chi connectivity index (χ1n) is 4.44. The Balaban J connectivity index is 2.30. The molecule has 0 saturated carbocycles. The fraction of sp³-hybridized carbons (Fsp3) is 0.182. The molecule has 1 saturated heterocycles. The quantitative estimate of drug-likeness (QED) is 0.668. The van der Waals surface area contributed by atoms with Gasteiger partial charge in [-0.05, 0) is 12.1 Å². The number of rotatable bonds is 1. The van der Waals surface area contributed by atoms with Crippen molar-refractivity contribution in [2.75, 3.05) is 11.4 Å². The van der Waals surface area contributed by atoms with Crippen LogP contribution in [0.1, 0.15) is 0 Å². The monoisotopic (exact) mass is 189 g/mol. The fourth-order valence-corrected chi connectivity index (χ4v) is 1.51. The molecule has 3 nitrogen and oxygen atoms in total. The lowest BCUT2D eigenvalue weighted by Gasteiger charge is -2.14. The lowest BCUT2D eigenvalue weighted by Crippen LogP contribution is -2.25. The maximum Gasteiger partial charge on any atom is 0.256 e. The highest BCUT2D eigenvalue weighted by atomic mass is 16.3. The fourth-order valence-electron chi connectivity index (χ4n) is 1.51. The summed E-state index contributed by atoms with van der Waals surface area (Å²) in [5.74, 6) is -0.191. The second-order valence-electron chi connectivity index (χ2n) is 3.29. The van der Waals surface area contributed by atoms with Gasteiger partial charge >= 0.3 is 0 Å². The SMILES string of the molecule is C=C1C(=O)N(c2ccccc2)C[C@H]1O. The highest BCUT2D eigenvalue weighted by Gasteiger charge is 2.32. The molecule has 2 rings (SSSR count). The molecule has 1 aromatic carbocycles. The van der Waals surface area contributed by atoms with Gasteiger partial charge in [0.05, 0.1) is 6.54 Å². The normalized spacial score (nSPS) is 21.8. The van der Waals surface area contributed by atoms with Gasteiger partial charge in [-0.3, -0.25) is 4.79 Å². The molecule has 0 unspecified atom stereocenters. The Labute approximate surface area is 82.3 Å². The lowest BCUT2D eigenvalue weighted by atomic mass is 10.2. The van der Waals surface area contributed by atoms with E-state index < -0.39 is 6.10 Å². The molecule has 0 spiro atoms. The van der Waals surface area contributed by atoms with E-state index in [0.29, 0.717) is 6.54 Å². The summed E-state index contributed by atoms with van der Waals surface area (Å²) in [5, 5.41) is 9.44. The second kappa shape index (κ2) is 3.27. The summed E-state index contributed by atoms with van der Waals surface area (Å²) in [5.41, 5.74) is 1.07. The Morgan fingerprint density at radius 2 is 2.00 bits per heavy atom. The molecule has 1 aliphatic rings. The maximum absolute atomic E-state index is 11.6. The Bertz CT molecular complexity index is 372. The summed E-state index contributed by atoms with van der Waals surface area (Å²) in [6.07, 6.45) is -0.734. The van der Waals surface area contributed by atoms with E-state index in [1.807, 2.05) is 30.3 Å². The van der Waals surface area contributed by atoms with E-state index in [1.54, 1.807) is 0 Å². The molecule has 3 heteroatoms. The molecular formula is C11H11NO2. The van der Waals surface area contributed by atoms with Gasteiger partial charge in [0.1, 0.15) is 6.10 Å². The third-order valence-electron chi connectivity index (χ3n) is 2.35. The summed E-state index contributed by atoms with van der Waals surface area (Å²) in [7, 11) is 0. The molecule has 0 aromatic heterocycles. The lowest BCUT2D eigenvalue weighted by molar-refractivity contribution is -0.114. The van der Waals surface area contributed by atoms with Crippen LogP contribution < -0.4 is 4.90 Å². The van der Waals surface area contributed by atoms with E-state index in [4.69, 9.17) is 0 Å². The third kappa shape index (κ3) is 1.32. The van der Waals surface area contributed by atoms with E-state index in [9.17, 15) is 9.90 Å². The summed E-state index contributed by atoms with van der Waals surface area (Å²) in [6, 6.07) is 9.27. The highest BCUT2D eigenvalue weighted by molar-refractivity contribution is 6.08. The number of hydrogen-bond acceptors (Lipinski definition) is 2. The zero-order valence-corrected chi connectivity index (χ0v) is 7.68. The van der Waals surface area contributed by atoms with E-state index in [0.717, 1.165) is 5.69 Å². The summed E-state index contributed by atoms with van der Waals surface area (Å²) >= 11 is 0. The van der Waals surface area contributed by atoms with Gasteiger partial charge in [-0.1, -0.05) is 24.8 Å². The number of nitrogens with zero attached hydrogens (tertiary/aromatic N) is 1. The molecule has 0 aliphatic carbocycles. The van der Waals surface area contributed by atoms with Gasteiger partial charge in [-0.2, -0.15) is 0 Å². The van der Waals surface area contributed by atoms with Crippen LogP contribution in [0.4, 0.5) is 5.69 Å². The third-order valence-corrected chi connectivity index (χ3v) is 2.35. The Morgan fingerprint density at radius 3 is 2.50 bits per heavy atom. The molecular weight excluding hydrogens is 178 g/mol. The molecule has 1 amide bonds. The molecule has 0 bridgehead atoms. The molecule has 0 radical (unpaired) electrons. The van der Waals surface area contributed by atoms with Crippen LogP contribution in [0.15, 0.2) is 42.5 Å². The molecule has 1 N–H and O–H groups in total. The van der Waals surface area contributed by atoms with Gasteiger partial charge in [0, 0.05) is 11.3 Å². The minimum atomic E-state index is -0.734. The molecule has 14 heavy (non-hydrogen) atoms. The smallest absolute Gasteiger partial charge is 0.256 e. The molecule has 1 heterocycles. The first-order valence-corrected chi connectivity index (χ1v) is 4.44. The highest BCUT2D eigenvalue weighted by Crippen LogP contribution is 2.23. The number of aliphatic hydroxyl groups excluding tert-OH is 1. The average molecular weight is 189 g/mol. The largest absolute Gasteiger partial charge is 0.386 e. The van der Waals surface area contributed by atoms with E-state index in [2.05, 4.69) is 6.58 Å². The average Bonchev–Trinajstić information content (AvgIpc) is 2.47. The van der Waals surface area contributed by atoms with Crippen LogP contribution in [0, 0.1) is 0 Å². The van der Waals surface area contributed by atoms with Crippen LogP contribution >= 0.6 is 0 Å². The number of β-amino-alcohol motifs (C(OH)–C–C–N with tert-alkyl or cyclic N) is 1. The second-order valence-corrected chi connectivity index (χ2v) is 3.29. The van der Waals surface area contributed by atoms with Crippen molar-refractivity contribution in [2.24, 2.45) is 0 Å². The number of anilines is 1. The van der Waals surface area contributed by atoms with Crippen LogP contribution in [0.25, 0.3) is 0 Å². The van der Waals surface area contributed by atoms with Gasteiger partial charge in [0.2, 0.25) is 0 Å². The van der Waals surface area contributed by atoms with Crippen molar-refractivity contribution in [3.63, 3.8) is 0 Å². The number of aliphatic hydroxyl groups is 1. The molecule has 1 aliphatic heterocycles. The molecule has 72 valence electrons. The first-order chi connectivity index (χ1) is 6.70. The number of benzene rings is 1. The van der Waals surface area contributed by atoms with E-state index >= 15 is 0 Å². The van der Waals surface area contributed by atoms with Gasteiger partial charge in [0.15, 0.2) is 0 Å². The summed E-state index contributed by atoms with van der Waals surface area (Å²) in [6.45, 7) is 3.86. The van der Waals surface area contributed by atoms with Crippen LogP contribution in [0.3, 0.4) is 0 Å². The summed E-state index contributed by atoms with van der Waals surface area (Å²) < 4.78 is 0. The van der Waals surface area contributed by atoms with Crippen LogP contribution in [0.2, 0.25) is 0 Å².